The summed E-state index contributed by atoms with van der Waals surface area (Å²) < 4.78 is 2.81. The highest BCUT2D eigenvalue weighted by atomic mass is 79.9. The number of pyridine rings is 1. The van der Waals surface area contributed by atoms with Crippen LogP contribution < -0.4 is 4.57 Å². The Labute approximate surface area is 109 Å². The molecule has 0 unspecified atom stereocenters. The topological polar surface area (TPSA) is 20.9 Å². The van der Waals surface area contributed by atoms with Crippen molar-refractivity contribution in [2.24, 2.45) is 0 Å². The Kier molecular flexibility index (Phi) is 3.69. The van der Waals surface area contributed by atoms with Gasteiger partial charge in [0.1, 0.15) is 0 Å². The lowest BCUT2D eigenvalue weighted by Crippen LogP contribution is -2.37. The van der Waals surface area contributed by atoms with Crippen molar-refractivity contribution in [3.05, 3.63) is 64.4 Å². The highest BCUT2D eigenvalue weighted by molar-refractivity contribution is 9.10. The first kappa shape index (κ1) is 12.0. The van der Waals surface area contributed by atoms with E-state index in [0.717, 1.165) is 10.0 Å². The fourth-order valence-electron chi connectivity index (χ4n) is 1.56. The van der Waals surface area contributed by atoms with Gasteiger partial charge in [0.2, 0.25) is 12.3 Å². The van der Waals surface area contributed by atoms with Crippen LogP contribution in [0.3, 0.4) is 0 Å². The van der Waals surface area contributed by atoms with Crippen LogP contribution in [0.15, 0.2) is 53.3 Å². The van der Waals surface area contributed by atoms with Gasteiger partial charge in [0.25, 0.3) is 0 Å². The van der Waals surface area contributed by atoms with Crippen LogP contribution >= 0.6 is 15.9 Å². The SMILES string of the molecule is Cc1cc[n+](CC(=O)c2cccc(Br)c2)cc1. The molecule has 2 aromatic rings. The van der Waals surface area contributed by atoms with Gasteiger partial charge in [-0.25, -0.2) is 0 Å². The Morgan fingerprint density at radius 3 is 2.59 bits per heavy atom. The van der Waals surface area contributed by atoms with Gasteiger partial charge >= 0.3 is 0 Å². The lowest BCUT2D eigenvalue weighted by Gasteiger charge is -1.99. The van der Waals surface area contributed by atoms with Crippen molar-refractivity contribution in [1.29, 1.82) is 0 Å². The standard InChI is InChI=1S/C14H13BrNO/c1-11-5-7-16(8-6-11)10-14(17)12-3-2-4-13(15)9-12/h2-9H,10H2,1H3/q+1. The third-order valence-corrected chi connectivity index (χ3v) is 3.02. The molecule has 2 rings (SSSR count). The number of benzene rings is 1. The normalized spacial score (nSPS) is 10.2. The van der Waals surface area contributed by atoms with E-state index in [1.807, 2.05) is 60.3 Å². The van der Waals surface area contributed by atoms with Crippen LogP contribution in [0.5, 0.6) is 0 Å². The largest absolute Gasteiger partial charge is 0.287 e. The molecule has 0 fully saturated rings. The molecule has 0 aliphatic carbocycles. The number of halogens is 1. The predicted octanol–water partition coefficient (Wildman–Crippen LogP) is 2.93. The predicted molar refractivity (Wildman–Crippen MR) is 69.8 cm³/mol. The number of aromatic nitrogens is 1. The molecule has 2 nitrogen and oxygen atoms in total. The molecule has 0 N–H and O–H groups in total. The zero-order valence-corrected chi connectivity index (χ0v) is 11.1. The maximum absolute atomic E-state index is 12.0. The van der Waals surface area contributed by atoms with Crippen molar-refractivity contribution in [3.8, 4) is 0 Å². The van der Waals surface area contributed by atoms with E-state index in [2.05, 4.69) is 15.9 Å². The van der Waals surface area contributed by atoms with E-state index in [0.29, 0.717) is 6.54 Å². The maximum atomic E-state index is 12.0. The van der Waals surface area contributed by atoms with Crippen LogP contribution in [0.2, 0.25) is 0 Å². The summed E-state index contributed by atoms with van der Waals surface area (Å²) >= 11 is 3.37. The minimum absolute atomic E-state index is 0.111. The third kappa shape index (κ3) is 3.24. The van der Waals surface area contributed by atoms with Gasteiger partial charge in [-0.05, 0) is 24.6 Å². The van der Waals surface area contributed by atoms with Gasteiger partial charge in [0, 0.05) is 22.2 Å². The molecular weight excluding hydrogens is 278 g/mol. The van der Waals surface area contributed by atoms with Crippen molar-refractivity contribution in [2.75, 3.05) is 0 Å². The zero-order valence-electron chi connectivity index (χ0n) is 9.56. The van der Waals surface area contributed by atoms with E-state index in [1.54, 1.807) is 0 Å². The van der Waals surface area contributed by atoms with E-state index in [-0.39, 0.29) is 5.78 Å². The van der Waals surface area contributed by atoms with Gasteiger partial charge < -0.3 is 0 Å². The van der Waals surface area contributed by atoms with Crippen molar-refractivity contribution in [2.45, 2.75) is 13.5 Å². The number of ketones is 1. The first-order chi connectivity index (χ1) is 8.15. The molecule has 0 atom stereocenters. The lowest BCUT2D eigenvalue weighted by atomic mass is 10.1. The van der Waals surface area contributed by atoms with Gasteiger partial charge in [0.15, 0.2) is 12.4 Å². The Bertz CT molecular complexity index is 534. The maximum Gasteiger partial charge on any atom is 0.227 e. The number of nitrogens with zero attached hydrogens (tertiary/aromatic N) is 1. The summed E-state index contributed by atoms with van der Waals surface area (Å²) in [5, 5.41) is 0. The highest BCUT2D eigenvalue weighted by Gasteiger charge is 2.11. The average molecular weight is 291 g/mol. The molecule has 3 heteroatoms. The molecular formula is C14H13BrNO+. The van der Waals surface area contributed by atoms with Crippen LogP contribution in [-0.4, -0.2) is 5.78 Å². The Morgan fingerprint density at radius 1 is 1.24 bits per heavy atom. The summed E-state index contributed by atoms with van der Waals surface area (Å²) in [6, 6.07) is 11.5. The number of carbonyl (C=O) groups is 1. The molecule has 1 aromatic heterocycles. The number of Topliss-reactive ketones (excluding diaryl/α,β-unsaturated/α-hetero) is 1. The van der Waals surface area contributed by atoms with Crippen LogP contribution in [0.1, 0.15) is 15.9 Å². The second-order valence-electron chi connectivity index (χ2n) is 3.98. The summed E-state index contributed by atoms with van der Waals surface area (Å²) in [5.41, 5.74) is 1.92. The molecule has 0 saturated heterocycles. The molecule has 0 aliphatic rings. The summed E-state index contributed by atoms with van der Waals surface area (Å²) in [7, 11) is 0. The van der Waals surface area contributed by atoms with Crippen LogP contribution in [0.25, 0.3) is 0 Å². The molecule has 0 amide bonds. The molecule has 0 aliphatic heterocycles. The minimum atomic E-state index is 0.111. The van der Waals surface area contributed by atoms with Gasteiger partial charge in [0.05, 0.1) is 0 Å². The molecule has 0 saturated carbocycles. The van der Waals surface area contributed by atoms with Crippen LogP contribution in [0, 0.1) is 6.92 Å². The van der Waals surface area contributed by atoms with Gasteiger partial charge in [-0.3, -0.25) is 4.79 Å². The molecule has 0 bridgehead atoms. The van der Waals surface area contributed by atoms with Crippen LogP contribution in [-0.2, 0) is 6.54 Å². The van der Waals surface area contributed by atoms with E-state index in [4.69, 9.17) is 0 Å². The molecule has 1 aromatic carbocycles. The first-order valence-corrected chi connectivity index (χ1v) is 6.19. The van der Waals surface area contributed by atoms with E-state index < -0.39 is 0 Å². The fourth-order valence-corrected chi connectivity index (χ4v) is 1.96. The smallest absolute Gasteiger partial charge is 0.227 e. The minimum Gasteiger partial charge on any atom is -0.287 e. The van der Waals surface area contributed by atoms with Crippen molar-refractivity contribution in [1.82, 2.24) is 0 Å². The fraction of sp³-hybridized carbons (Fsp3) is 0.143. The highest BCUT2D eigenvalue weighted by Crippen LogP contribution is 2.12. The number of hydrogen-bond donors (Lipinski definition) is 0. The lowest BCUT2D eigenvalue weighted by molar-refractivity contribution is -0.683. The van der Waals surface area contributed by atoms with Crippen LogP contribution in [0.4, 0.5) is 0 Å². The molecule has 0 spiro atoms. The quantitative estimate of drug-likeness (QED) is 0.629. The van der Waals surface area contributed by atoms with Gasteiger partial charge in [-0.1, -0.05) is 28.1 Å². The van der Waals surface area contributed by atoms with Crippen molar-refractivity contribution in [3.63, 3.8) is 0 Å². The Morgan fingerprint density at radius 2 is 1.94 bits per heavy atom. The molecule has 17 heavy (non-hydrogen) atoms. The number of hydrogen-bond acceptors (Lipinski definition) is 1. The van der Waals surface area contributed by atoms with E-state index >= 15 is 0 Å². The summed E-state index contributed by atoms with van der Waals surface area (Å²) in [6.07, 6.45) is 3.84. The Balaban J connectivity index is 2.14. The van der Waals surface area contributed by atoms with Crippen molar-refractivity contribution >= 4 is 21.7 Å². The number of rotatable bonds is 3. The third-order valence-electron chi connectivity index (χ3n) is 2.53. The monoisotopic (exact) mass is 290 g/mol. The average Bonchev–Trinajstić information content (AvgIpc) is 2.32. The number of aryl methyl sites for hydroxylation is 1. The van der Waals surface area contributed by atoms with E-state index in [9.17, 15) is 4.79 Å². The molecule has 0 radical (unpaired) electrons. The zero-order chi connectivity index (χ0) is 12.3. The summed E-state index contributed by atoms with van der Waals surface area (Å²) in [6.45, 7) is 2.40. The first-order valence-electron chi connectivity index (χ1n) is 5.39. The second-order valence-corrected chi connectivity index (χ2v) is 4.90. The summed E-state index contributed by atoms with van der Waals surface area (Å²) in [5.74, 6) is 0.111. The van der Waals surface area contributed by atoms with Crippen molar-refractivity contribution < 1.29 is 9.36 Å². The van der Waals surface area contributed by atoms with Gasteiger partial charge in [-0.15, -0.1) is 0 Å². The second kappa shape index (κ2) is 5.23. The van der Waals surface area contributed by atoms with Gasteiger partial charge in [-0.2, -0.15) is 4.57 Å². The summed E-state index contributed by atoms with van der Waals surface area (Å²) in [4.78, 5) is 12.0. The molecule has 1 heterocycles. The number of carbonyl (C=O) groups excluding carboxylic acids is 1. The van der Waals surface area contributed by atoms with E-state index in [1.165, 1.54) is 5.56 Å². The Hall–Kier alpha value is -1.48. The molecule has 86 valence electrons.